The van der Waals surface area contributed by atoms with Crippen LogP contribution in [0.2, 0.25) is 0 Å². The largest absolute Gasteiger partial charge is 0.396 e. The van der Waals surface area contributed by atoms with Gasteiger partial charge in [0, 0.05) is 19.7 Å². The number of aliphatic hydroxyl groups is 1. The van der Waals surface area contributed by atoms with Gasteiger partial charge in [-0.1, -0.05) is 0 Å². The Hall–Kier alpha value is -0.610. The van der Waals surface area contributed by atoms with E-state index in [0.29, 0.717) is 0 Å². The molecule has 0 aliphatic carbocycles. The van der Waals surface area contributed by atoms with Crippen LogP contribution in [0, 0.1) is 5.92 Å². The third-order valence-electron chi connectivity index (χ3n) is 2.80. The first kappa shape index (κ1) is 12.5. The smallest absolute Gasteiger partial charge is 0.224 e. The molecule has 1 aliphatic heterocycles. The van der Waals surface area contributed by atoms with Gasteiger partial charge in [0.15, 0.2) is 0 Å². The summed E-state index contributed by atoms with van der Waals surface area (Å²) in [7, 11) is 0. The number of nitrogens with one attached hydrogen (secondary N) is 2. The molecule has 15 heavy (non-hydrogen) atoms. The van der Waals surface area contributed by atoms with Crippen molar-refractivity contribution >= 4 is 5.91 Å². The Morgan fingerprint density at radius 1 is 1.40 bits per heavy atom. The predicted molar refractivity (Wildman–Crippen MR) is 59.5 cm³/mol. The second-order valence-electron chi connectivity index (χ2n) is 4.12. The van der Waals surface area contributed by atoms with E-state index in [1.165, 1.54) is 0 Å². The summed E-state index contributed by atoms with van der Waals surface area (Å²) in [5.41, 5.74) is 0. The van der Waals surface area contributed by atoms with Crippen LogP contribution >= 0.6 is 0 Å². The van der Waals surface area contributed by atoms with Crippen LogP contribution in [0.3, 0.4) is 0 Å². The molecule has 0 unspecified atom stereocenters. The fourth-order valence-electron chi connectivity index (χ4n) is 1.85. The molecule has 1 atom stereocenters. The number of rotatable bonds is 6. The summed E-state index contributed by atoms with van der Waals surface area (Å²) < 4.78 is 0. The van der Waals surface area contributed by atoms with E-state index >= 15 is 0 Å². The van der Waals surface area contributed by atoms with Gasteiger partial charge in [0.25, 0.3) is 0 Å². The van der Waals surface area contributed by atoms with Crippen molar-refractivity contribution in [2.75, 3.05) is 26.2 Å². The maximum absolute atomic E-state index is 11.6. The molecule has 1 amide bonds. The van der Waals surface area contributed by atoms with Gasteiger partial charge in [-0.25, -0.2) is 0 Å². The molecule has 4 nitrogen and oxygen atoms in total. The van der Waals surface area contributed by atoms with Crippen LogP contribution < -0.4 is 10.6 Å². The maximum Gasteiger partial charge on any atom is 0.224 e. The van der Waals surface area contributed by atoms with Gasteiger partial charge >= 0.3 is 0 Å². The molecule has 0 aromatic heterocycles. The second-order valence-corrected chi connectivity index (χ2v) is 4.12. The maximum atomic E-state index is 11.6. The van der Waals surface area contributed by atoms with Crippen LogP contribution in [-0.2, 0) is 4.79 Å². The van der Waals surface area contributed by atoms with E-state index in [0.717, 1.165) is 51.7 Å². The monoisotopic (exact) mass is 214 g/mol. The zero-order chi connectivity index (χ0) is 10.9. The molecule has 0 radical (unpaired) electrons. The van der Waals surface area contributed by atoms with Gasteiger partial charge in [-0.15, -0.1) is 0 Å². The number of amides is 1. The lowest BCUT2D eigenvalue weighted by Crippen LogP contribution is -2.40. The molecule has 0 bridgehead atoms. The van der Waals surface area contributed by atoms with Crippen molar-refractivity contribution in [3.05, 3.63) is 0 Å². The van der Waals surface area contributed by atoms with Gasteiger partial charge in [0.1, 0.15) is 0 Å². The number of carbonyl (C=O) groups excluding carboxylic acids is 1. The standard InChI is InChI=1S/C11H22N2O2/c14-8-3-1-2-7-13-11(15)10-5-4-6-12-9-10/h10,12,14H,1-9H2,(H,13,15)/t10-/m0/s1. The number of piperidine rings is 1. The lowest BCUT2D eigenvalue weighted by molar-refractivity contribution is -0.125. The van der Waals surface area contributed by atoms with Crippen molar-refractivity contribution in [1.29, 1.82) is 0 Å². The highest BCUT2D eigenvalue weighted by atomic mass is 16.2. The number of unbranched alkanes of at least 4 members (excludes halogenated alkanes) is 2. The van der Waals surface area contributed by atoms with Crippen LogP contribution in [0.4, 0.5) is 0 Å². The molecular weight excluding hydrogens is 192 g/mol. The highest BCUT2D eigenvalue weighted by Crippen LogP contribution is 2.09. The summed E-state index contributed by atoms with van der Waals surface area (Å²) in [5.74, 6) is 0.350. The zero-order valence-electron chi connectivity index (χ0n) is 9.30. The molecule has 1 aliphatic rings. The van der Waals surface area contributed by atoms with Crippen LogP contribution in [0.5, 0.6) is 0 Å². The van der Waals surface area contributed by atoms with E-state index in [1.807, 2.05) is 0 Å². The Labute approximate surface area is 91.4 Å². The summed E-state index contributed by atoms with van der Waals surface area (Å²) >= 11 is 0. The molecule has 1 rings (SSSR count). The van der Waals surface area contributed by atoms with Gasteiger partial charge in [0.05, 0.1) is 5.92 Å². The SMILES string of the molecule is O=C(NCCCCCO)[C@H]1CCCNC1. The van der Waals surface area contributed by atoms with Gasteiger partial charge in [-0.3, -0.25) is 4.79 Å². The molecular formula is C11H22N2O2. The third kappa shape index (κ3) is 5.14. The summed E-state index contributed by atoms with van der Waals surface area (Å²) in [4.78, 5) is 11.6. The van der Waals surface area contributed by atoms with Crippen molar-refractivity contribution in [3.8, 4) is 0 Å². The number of hydrogen-bond donors (Lipinski definition) is 3. The number of carbonyl (C=O) groups is 1. The van der Waals surface area contributed by atoms with E-state index in [1.54, 1.807) is 0 Å². The minimum absolute atomic E-state index is 0.164. The number of aliphatic hydroxyl groups excluding tert-OH is 1. The normalized spacial score (nSPS) is 21.3. The van der Waals surface area contributed by atoms with Crippen molar-refractivity contribution in [1.82, 2.24) is 10.6 Å². The zero-order valence-corrected chi connectivity index (χ0v) is 9.30. The second kappa shape index (κ2) is 7.65. The Bertz CT molecular complexity index is 179. The molecule has 1 heterocycles. The van der Waals surface area contributed by atoms with Gasteiger partial charge in [-0.2, -0.15) is 0 Å². The predicted octanol–water partition coefficient (Wildman–Crippen LogP) is 0.265. The Balaban J connectivity index is 2.02. The molecule has 4 heteroatoms. The van der Waals surface area contributed by atoms with Crippen molar-refractivity contribution in [2.45, 2.75) is 32.1 Å². The van der Waals surface area contributed by atoms with Gasteiger partial charge in [-0.05, 0) is 38.6 Å². The molecule has 1 fully saturated rings. The fraction of sp³-hybridized carbons (Fsp3) is 0.909. The van der Waals surface area contributed by atoms with E-state index in [9.17, 15) is 4.79 Å². The third-order valence-corrected chi connectivity index (χ3v) is 2.80. The van der Waals surface area contributed by atoms with E-state index in [4.69, 9.17) is 5.11 Å². The summed E-state index contributed by atoms with van der Waals surface area (Å²) in [5, 5.41) is 14.8. The Morgan fingerprint density at radius 2 is 2.27 bits per heavy atom. The average Bonchev–Trinajstić information content (AvgIpc) is 2.30. The lowest BCUT2D eigenvalue weighted by atomic mass is 9.99. The van der Waals surface area contributed by atoms with E-state index in [2.05, 4.69) is 10.6 Å². The highest BCUT2D eigenvalue weighted by molar-refractivity contribution is 5.78. The van der Waals surface area contributed by atoms with Crippen molar-refractivity contribution in [2.24, 2.45) is 5.92 Å². The summed E-state index contributed by atoms with van der Waals surface area (Å²) in [6.45, 7) is 2.86. The van der Waals surface area contributed by atoms with Crippen LogP contribution in [0.1, 0.15) is 32.1 Å². The highest BCUT2D eigenvalue weighted by Gasteiger charge is 2.19. The van der Waals surface area contributed by atoms with Crippen LogP contribution in [0.25, 0.3) is 0 Å². The molecule has 0 aromatic rings. The quantitative estimate of drug-likeness (QED) is 0.556. The molecule has 0 spiro atoms. The topological polar surface area (TPSA) is 61.4 Å². The molecule has 0 aromatic carbocycles. The first-order chi connectivity index (χ1) is 7.34. The fourth-order valence-corrected chi connectivity index (χ4v) is 1.85. The molecule has 0 saturated carbocycles. The first-order valence-corrected chi connectivity index (χ1v) is 5.94. The van der Waals surface area contributed by atoms with Crippen molar-refractivity contribution in [3.63, 3.8) is 0 Å². The summed E-state index contributed by atoms with van der Waals surface area (Å²) in [6.07, 6.45) is 4.89. The van der Waals surface area contributed by atoms with Crippen molar-refractivity contribution < 1.29 is 9.90 Å². The van der Waals surface area contributed by atoms with Crippen LogP contribution in [0.15, 0.2) is 0 Å². The minimum atomic E-state index is 0.164. The molecule has 3 N–H and O–H groups in total. The van der Waals surface area contributed by atoms with Gasteiger partial charge < -0.3 is 15.7 Å². The molecule has 88 valence electrons. The van der Waals surface area contributed by atoms with Gasteiger partial charge in [0.2, 0.25) is 5.91 Å². The van der Waals surface area contributed by atoms with E-state index < -0.39 is 0 Å². The Morgan fingerprint density at radius 3 is 2.93 bits per heavy atom. The number of hydrogen-bond acceptors (Lipinski definition) is 3. The minimum Gasteiger partial charge on any atom is -0.396 e. The lowest BCUT2D eigenvalue weighted by Gasteiger charge is -2.21. The average molecular weight is 214 g/mol. The summed E-state index contributed by atoms with van der Waals surface area (Å²) in [6, 6.07) is 0. The molecule has 1 saturated heterocycles. The first-order valence-electron chi connectivity index (χ1n) is 5.94. The van der Waals surface area contributed by atoms with E-state index in [-0.39, 0.29) is 18.4 Å². The Kier molecular flexibility index (Phi) is 6.36. The van der Waals surface area contributed by atoms with Crippen LogP contribution in [-0.4, -0.2) is 37.3 Å².